The molecule has 2 heterocycles. The number of carbonyl (C=O) groups is 1. The van der Waals surface area contributed by atoms with Gasteiger partial charge in [0, 0.05) is 37.4 Å². The van der Waals surface area contributed by atoms with Crippen molar-refractivity contribution in [1.29, 1.82) is 0 Å². The van der Waals surface area contributed by atoms with Crippen LogP contribution in [0.4, 0.5) is 0 Å². The molecule has 0 radical (unpaired) electrons. The predicted molar refractivity (Wildman–Crippen MR) is 146 cm³/mol. The van der Waals surface area contributed by atoms with Crippen molar-refractivity contribution in [1.82, 2.24) is 20.2 Å². The van der Waals surface area contributed by atoms with E-state index in [0.29, 0.717) is 18.8 Å². The van der Waals surface area contributed by atoms with Crippen LogP contribution in [0.5, 0.6) is 11.5 Å². The second-order valence-corrected chi connectivity index (χ2v) is 9.75. The average Bonchev–Trinajstić information content (AvgIpc) is 3.40. The minimum atomic E-state index is -0.179. The molecule has 4 aromatic rings. The van der Waals surface area contributed by atoms with Crippen LogP contribution >= 0.6 is 11.3 Å². The first kappa shape index (κ1) is 26.3. The first-order valence-electron chi connectivity index (χ1n) is 12.1. The number of carbonyl (C=O) groups excluding carboxylic acids is 1. The summed E-state index contributed by atoms with van der Waals surface area (Å²) in [6.07, 6.45) is 4.30. The zero-order valence-electron chi connectivity index (χ0n) is 21.4. The summed E-state index contributed by atoms with van der Waals surface area (Å²) in [5, 5.41) is 5.66. The third-order valence-electron chi connectivity index (χ3n) is 6.01. The number of aryl methyl sites for hydroxylation is 1. The van der Waals surface area contributed by atoms with E-state index in [-0.39, 0.29) is 5.91 Å². The van der Waals surface area contributed by atoms with Gasteiger partial charge in [0.25, 0.3) is 5.91 Å². The summed E-state index contributed by atoms with van der Waals surface area (Å²) < 4.78 is 10.8. The summed E-state index contributed by atoms with van der Waals surface area (Å²) in [6, 6.07) is 18.4. The lowest BCUT2D eigenvalue weighted by Crippen LogP contribution is -2.26. The maximum atomic E-state index is 12.6. The number of aromatic nitrogens is 2. The van der Waals surface area contributed by atoms with Crippen LogP contribution in [0.3, 0.4) is 0 Å². The molecule has 0 unspecified atom stereocenters. The monoisotopic (exact) mass is 516 g/mol. The number of nitrogens with zero attached hydrogens (tertiary/aromatic N) is 3. The summed E-state index contributed by atoms with van der Waals surface area (Å²) in [7, 11) is 3.29. The van der Waals surface area contributed by atoms with Crippen molar-refractivity contribution in [2.75, 3.05) is 20.8 Å². The molecule has 0 spiro atoms. The Kier molecular flexibility index (Phi) is 9.24. The third kappa shape index (κ3) is 7.62. The largest absolute Gasteiger partial charge is 0.493 e. The molecule has 0 saturated heterocycles. The molecule has 0 aliphatic heterocycles. The van der Waals surface area contributed by atoms with Gasteiger partial charge in [-0.25, -0.2) is 4.98 Å². The van der Waals surface area contributed by atoms with E-state index in [4.69, 9.17) is 9.47 Å². The summed E-state index contributed by atoms with van der Waals surface area (Å²) >= 11 is 1.51. The van der Waals surface area contributed by atoms with E-state index in [9.17, 15) is 4.79 Å². The molecule has 1 amide bonds. The summed E-state index contributed by atoms with van der Waals surface area (Å²) in [4.78, 5) is 23.7. The first-order valence-corrected chi connectivity index (χ1v) is 13.0. The number of benzene rings is 2. The molecular formula is C29H32N4O3S. The second-order valence-electron chi connectivity index (χ2n) is 8.81. The third-order valence-corrected chi connectivity index (χ3v) is 6.84. The van der Waals surface area contributed by atoms with E-state index >= 15 is 0 Å². The molecule has 7 nitrogen and oxygen atoms in total. The van der Waals surface area contributed by atoms with Gasteiger partial charge in [0.1, 0.15) is 10.7 Å². The van der Waals surface area contributed by atoms with Gasteiger partial charge >= 0.3 is 0 Å². The van der Waals surface area contributed by atoms with Gasteiger partial charge in [-0.3, -0.25) is 14.7 Å². The molecular weight excluding hydrogens is 484 g/mol. The molecule has 2 aromatic carbocycles. The van der Waals surface area contributed by atoms with Crippen LogP contribution in [0.15, 0.2) is 72.4 Å². The number of pyridine rings is 1. The predicted octanol–water partition coefficient (Wildman–Crippen LogP) is 5.04. The lowest BCUT2D eigenvalue weighted by molar-refractivity contribution is 0.0946. The molecule has 1 N–H and O–H groups in total. The fourth-order valence-corrected chi connectivity index (χ4v) is 4.76. The van der Waals surface area contributed by atoms with Crippen molar-refractivity contribution in [3.8, 4) is 11.5 Å². The van der Waals surface area contributed by atoms with Crippen molar-refractivity contribution >= 4 is 17.2 Å². The molecule has 0 aliphatic rings. The van der Waals surface area contributed by atoms with Gasteiger partial charge in [0.05, 0.1) is 20.8 Å². The highest BCUT2D eigenvalue weighted by Gasteiger charge is 2.15. The van der Waals surface area contributed by atoms with Crippen LogP contribution in [0.25, 0.3) is 0 Å². The Hall–Kier alpha value is -3.75. The second kappa shape index (κ2) is 13.0. The molecule has 0 bridgehead atoms. The maximum Gasteiger partial charge on any atom is 0.271 e. The molecule has 0 aliphatic carbocycles. The average molecular weight is 517 g/mol. The number of methoxy groups -OCH3 is 2. The van der Waals surface area contributed by atoms with Crippen LogP contribution in [-0.2, 0) is 26.1 Å². The number of hydrogen-bond acceptors (Lipinski definition) is 7. The van der Waals surface area contributed by atoms with Gasteiger partial charge in [0.2, 0.25) is 0 Å². The number of thiazole rings is 1. The zero-order chi connectivity index (χ0) is 26.0. The lowest BCUT2D eigenvalue weighted by Gasteiger charge is -2.22. The molecule has 192 valence electrons. The lowest BCUT2D eigenvalue weighted by atomic mass is 10.1. The highest BCUT2D eigenvalue weighted by atomic mass is 32.1. The van der Waals surface area contributed by atoms with E-state index in [1.807, 2.05) is 29.6 Å². The Morgan fingerprint density at radius 2 is 1.76 bits per heavy atom. The van der Waals surface area contributed by atoms with Crippen molar-refractivity contribution in [2.45, 2.75) is 33.0 Å². The number of nitrogens with one attached hydrogen (secondary N) is 1. The Balaban J connectivity index is 1.43. The van der Waals surface area contributed by atoms with E-state index in [2.05, 4.69) is 57.4 Å². The van der Waals surface area contributed by atoms with Gasteiger partial charge in [0.15, 0.2) is 11.5 Å². The Bertz CT molecular complexity index is 1290. The molecule has 4 rings (SSSR count). The van der Waals surface area contributed by atoms with Crippen molar-refractivity contribution < 1.29 is 14.3 Å². The van der Waals surface area contributed by atoms with Crippen molar-refractivity contribution in [3.63, 3.8) is 0 Å². The first-order chi connectivity index (χ1) is 18.0. The van der Waals surface area contributed by atoms with E-state index in [1.54, 1.807) is 26.6 Å². The molecule has 0 saturated carbocycles. The number of amides is 1. The minimum Gasteiger partial charge on any atom is -0.493 e. The maximum absolute atomic E-state index is 12.6. The topological polar surface area (TPSA) is 76.6 Å². The van der Waals surface area contributed by atoms with Crippen LogP contribution in [0.2, 0.25) is 0 Å². The minimum absolute atomic E-state index is 0.179. The molecule has 8 heteroatoms. The Morgan fingerprint density at radius 3 is 2.49 bits per heavy atom. The standard InChI is InChI=1S/C29H32N4O3S/c1-21-6-8-23(9-7-21)18-33(14-12-22-10-11-26(35-2)27(15-22)36-3)19-28-32-25(20-37-28)29(34)31-17-24-5-4-13-30-16-24/h4-11,13,15-16,20H,12,14,17-19H2,1-3H3,(H,31,34). The molecule has 2 aromatic heterocycles. The van der Waals surface area contributed by atoms with E-state index < -0.39 is 0 Å². The summed E-state index contributed by atoms with van der Waals surface area (Å²) in [6.45, 7) is 4.78. The normalized spacial score (nSPS) is 10.9. The van der Waals surface area contributed by atoms with Crippen LogP contribution in [0.1, 0.15) is 37.7 Å². The van der Waals surface area contributed by atoms with Gasteiger partial charge < -0.3 is 14.8 Å². The quantitative estimate of drug-likeness (QED) is 0.284. The molecule has 0 atom stereocenters. The zero-order valence-corrected chi connectivity index (χ0v) is 22.3. The molecule has 37 heavy (non-hydrogen) atoms. The number of ether oxygens (including phenoxy) is 2. The van der Waals surface area contributed by atoms with Crippen LogP contribution < -0.4 is 14.8 Å². The summed E-state index contributed by atoms with van der Waals surface area (Å²) in [5.41, 5.74) is 5.04. The number of rotatable bonds is 12. The smallest absolute Gasteiger partial charge is 0.271 e. The summed E-state index contributed by atoms with van der Waals surface area (Å²) in [5.74, 6) is 1.27. The van der Waals surface area contributed by atoms with Gasteiger partial charge in [-0.1, -0.05) is 42.0 Å². The van der Waals surface area contributed by atoms with E-state index in [1.165, 1.54) is 28.0 Å². The number of hydrogen-bond donors (Lipinski definition) is 1. The fourth-order valence-electron chi connectivity index (χ4n) is 3.94. The highest BCUT2D eigenvalue weighted by molar-refractivity contribution is 7.09. The van der Waals surface area contributed by atoms with Gasteiger partial charge in [-0.05, 0) is 48.2 Å². The SMILES string of the molecule is COc1ccc(CCN(Cc2ccc(C)cc2)Cc2nc(C(=O)NCc3cccnc3)cs2)cc1OC. The fraction of sp³-hybridized carbons (Fsp3) is 0.276. The van der Waals surface area contributed by atoms with Crippen LogP contribution in [-0.4, -0.2) is 41.5 Å². The Labute approximate surface area is 222 Å². The Morgan fingerprint density at radius 1 is 0.973 bits per heavy atom. The molecule has 0 fully saturated rings. The van der Waals surface area contributed by atoms with Gasteiger partial charge in [-0.2, -0.15) is 0 Å². The van der Waals surface area contributed by atoms with E-state index in [0.717, 1.165) is 41.6 Å². The van der Waals surface area contributed by atoms with Gasteiger partial charge in [-0.15, -0.1) is 11.3 Å². The van der Waals surface area contributed by atoms with Crippen molar-refractivity contribution in [2.24, 2.45) is 0 Å². The highest BCUT2D eigenvalue weighted by Crippen LogP contribution is 2.28. The van der Waals surface area contributed by atoms with Crippen LogP contribution in [0, 0.1) is 6.92 Å². The van der Waals surface area contributed by atoms with Crippen molar-refractivity contribution in [3.05, 3.63) is 105 Å².